The van der Waals surface area contributed by atoms with Crippen LogP contribution in [0.2, 0.25) is 25.1 Å². The second-order valence-electron chi connectivity index (χ2n) is 30.2. The minimum Gasteiger partial charge on any atom is -0.870 e. The number of nitrogens with zero attached hydrogens (tertiary/aromatic N) is 24. The van der Waals surface area contributed by atoms with E-state index in [0.29, 0.717) is 146 Å². The number of carbonyl (C=O) groups excluding carboxylic acids is 5. The summed E-state index contributed by atoms with van der Waals surface area (Å²) in [7, 11) is 3.97. The molecule has 0 atom stereocenters. The molecule has 0 spiro atoms. The van der Waals surface area contributed by atoms with E-state index in [2.05, 4.69) is 108 Å². The number of hydrogen-bond donors (Lipinski definition) is 3. The van der Waals surface area contributed by atoms with E-state index in [1.165, 1.54) is 55.6 Å². The molecular weight excluding hydrogens is 1860 g/mol. The number of nitrogen functional groups attached to an aromatic ring is 1. The first-order valence-electron chi connectivity index (χ1n) is 40.9. The van der Waals surface area contributed by atoms with Crippen molar-refractivity contribution in [3.05, 3.63) is 317 Å². The number of esters is 3. The number of benzene rings is 5. The van der Waals surface area contributed by atoms with Gasteiger partial charge in [0.05, 0.1) is 137 Å². The standard InChI is InChI=1S/C23H22ClN7O.C17H16ClN5O2.C17H17ClN2O3.C16H14ClN5O2.C13H11ClN2O2.C7H10N2.Li.N3.Na.H2O/c1-14(2)23-28-29-30-31(23)20-9-16(21-6-4-18(24)12-27-21)8-17(10-20)22(32)7-5-19-13-25-15(3)11-26-19;1-10(2)16-20-21-22-23(16)14-7-11(6-12(8-14)17(24)25-3)15-5-4-13(18)9-19-15;1-10(2)16(21)20-14-7-11(6-12(8-14)17(22)23-3)15-5-4-13(18)9-19-15;1-9(2)15-19-20-21-22(15)13-6-10(5-11(7-13)16(23)24)14-4-3-12(17)8-18-14;1-18-13(17)9-4-8(5-11(15)6-9)12-3-2-10(14)7-16-12;1-3-7-5-8-6(2)4-9-7;;1-3-2;;/h4,6,8-14H,5,7H2,1-3H3;4-10H,1-3H3;4-10H,1-3H3,(H,20,21);3-9H,1-2H3,(H,23,24);2-7H,15H2,1H3;4-5H,3H2,1-2H3;;;;1H2/q;;;;;;+1;-1;+1;/p-1. The van der Waals surface area contributed by atoms with Gasteiger partial charge in [0.1, 0.15) is 0 Å². The van der Waals surface area contributed by atoms with Gasteiger partial charge >= 0.3 is 72.3 Å². The molecule has 10 aromatic heterocycles. The Hall–Kier alpha value is -13.6. The molecule has 0 radical (unpaired) electrons. The molecule has 0 saturated heterocycles. The predicted molar refractivity (Wildman–Crippen MR) is 510 cm³/mol. The average molecular weight is 1960 g/mol. The largest absolute Gasteiger partial charge is 1.00 e. The second-order valence-corrected chi connectivity index (χ2v) is 32.3. The zero-order chi connectivity index (χ0) is 97.4. The fourth-order valence-electron chi connectivity index (χ4n) is 12.1. The average Bonchev–Trinajstić information content (AvgIpc) is 1.69. The maximum absolute atomic E-state index is 13.1. The van der Waals surface area contributed by atoms with E-state index in [1.807, 2.05) is 91.9 Å². The van der Waals surface area contributed by atoms with Crippen LogP contribution in [0.1, 0.15) is 179 Å². The number of methoxy groups -OCH3 is 3. The molecule has 37 nitrogen and oxygen atoms in total. The van der Waals surface area contributed by atoms with Crippen LogP contribution in [0, 0.1) is 19.8 Å². The maximum atomic E-state index is 13.1. The number of aromatic nitrogens is 21. The normalized spacial score (nSPS) is 10.3. The summed E-state index contributed by atoms with van der Waals surface area (Å²) in [6, 6.07) is 43.2. The van der Waals surface area contributed by atoms with Gasteiger partial charge in [0, 0.05) is 131 Å². The van der Waals surface area contributed by atoms with Crippen LogP contribution in [-0.2, 0) is 31.8 Å². The number of nitrogens with two attached hydrogens (primary N) is 1. The summed E-state index contributed by atoms with van der Waals surface area (Å²) in [6.07, 6.45) is 16.5. The predicted octanol–water partition coefficient (Wildman–Crippen LogP) is 13.5. The minimum atomic E-state index is -1.04. The van der Waals surface area contributed by atoms with E-state index >= 15 is 0 Å². The van der Waals surface area contributed by atoms with E-state index in [0.717, 1.165) is 45.9 Å². The zero-order valence-electron chi connectivity index (χ0n) is 77.3. The number of amides is 1. The van der Waals surface area contributed by atoms with Crippen LogP contribution < -0.4 is 59.5 Å². The van der Waals surface area contributed by atoms with Crippen molar-refractivity contribution in [1.82, 2.24) is 105 Å². The van der Waals surface area contributed by atoms with E-state index in [1.54, 1.807) is 169 Å². The second kappa shape index (κ2) is 54.8. The minimum absolute atomic E-state index is 0. The van der Waals surface area contributed by atoms with E-state index < -0.39 is 23.9 Å². The fraction of sp³-hybridized carbons (Fsp3) is 0.226. The molecule has 44 heteroatoms. The van der Waals surface area contributed by atoms with Gasteiger partial charge in [-0.1, -0.05) is 120 Å². The summed E-state index contributed by atoms with van der Waals surface area (Å²) >= 11 is 29.4. The van der Waals surface area contributed by atoms with Gasteiger partial charge in [-0.15, -0.1) is 15.3 Å². The van der Waals surface area contributed by atoms with Gasteiger partial charge in [-0.2, -0.15) is 14.0 Å². The number of ether oxygens (including phenoxy) is 3. The SMILES string of the molecule is CC(C)c1nnnn1-c1cc(C(=O)O)cc(-c2ccc(Cl)cn2)c1.CCc1cnc(C)cn1.COC(=O)c1cc(-c2ccc(Cl)cn2)cc(-n2nnnc2C(C)C)c1.COC(=O)c1cc(N)cc(-c2ccc(Cl)cn2)c1.COC(=O)c1cc(NC(=O)C(C)C)cc(-c2ccc(Cl)cn2)c1.Cc1cnc(CCC(=O)c2cc(-c3ccc(Cl)cn3)cc(-n3nnnc3C(C)C)c2)cn1.[Li+].[N-]=[N+]=[N-].[Na+].[OH-]. The van der Waals surface area contributed by atoms with Crippen molar-refractivity contribution in [3.63, 3.8) is 0 Å². The molecule has 5 N–H and O–H groups in total. The molecule has 137 heavy (non-hydrogen) atoms. The monoisotopic (exact) mass is 1950 g/mol. The van der Waals surface area contributed by atoms with Crippen LogP contribution in [0.5, 0.6) is 0 Å². The third-order valence-electron chi connectivity index (χ3n) is 18.8. The molecule has 696 valence electrons. The van der Waals surface area contributed by atoms with Crippen molar-refractivity contribution < 1.29 is 102 Å². The van der Waals surface area contributed by atoms with Crippen LogP contribution in [0.15, 0.2) is 207 Å². The molecular formula is C93H91Cl5LiN26NaO11. The van der Waals surface area contributed by atoms with E-state index in [4.69, 9.17) is 84.3 Å². The number of aromatic carboxylic acids is 1. The molecule has 0 fully saturated rings. The number of hydrogen-bond acceptors (Lipinski definition) is 29. The maximum Gasteiger partial charge on any atom is 1.00 e. The number of carbonyl (C=O) groups is 6. The number of anilines is 2. The van der Waals surface area contributed by atoms with Gasteiger partial charge in [-0.05, 0) is 210 Å². The van der Waals surface area contributed by atoms with Crippen molar-refractivity contribution in [3.8, 4) is 73.3 Å². The number of pyridine rings is 5. The summed E-state index contributed by atoms with van der Waals surface area (Å²) in [6.45, 7) is 21.4. The number of tetrazole rings is 3. The number of Topliss-reactive ketones (excluding diaryl/α,β-unsaturated/α-hetero) is 1. The summed E-state index contributed by atoms with van der Waals surface area (Å²) in [5.41, 5.74) is 34.5. The van der Waals surface area contributed by atoms with Gasteiger partial charge in [0.25, 0.3) is 0 Å². The molecule has 15 aromatic rings. The third-order valence-corrected chi connectivity index (χ3v) is 19.9. The van der Waals surface area contributed by atoms with Gasteiger partial charge in [0.2, 0.25) is 5.91 Å². The van der Waals surface area contributed by atoms with Crippen LogP contribution in [0.25, 0.3) is 89.3 Å². The van der Waals surface area contributed by atoms with Crippen LogP contribution in [-0.4, -0.2) is 173 Å². The molecule has 1 amide bonds. The molecule has 5 aromatic carbocycles. The van der Waals surface area contributed by atoms with Crippen molar-refractivity contribution in [2.75, 3.05) is 32.4 Å². The zero-order valence-corrected chi connectivity index (χ0v) is 83.1. The van der Waals surface area contributed by atoms with Crippen molar-refractivity contribution in [2.45, 2.75) is 113 Å². The Kier molecular flexibility index (Phi) is 44.8. The Bertz CT molecular complexity index is 6590. The Morgan fingerprint density at radius 3 is 1.05 bits per heavy atom. The van der Waals surface area contributed by atoms with E-state index in [9.17, 15) is 33.9 Å². The summed E-state index contributed by atoms with van der Waals surface area (Å²) in [5, 5.41) is 50.5. The topological polar surface area (TPSA) is 524 Å². The molecule has 0 bridgehead atoms. The molecule has 0 aliphatic rings. The third kappa shape index (κ3) is 33.1. The number of carboxylic acid groups (broad SMARTS) is 1. The van der Waals surface area contributed by atoms with Crippen molar-refractivity contribution in [2.24, 2.45) is 5.92 Å². The van der Waals surface area contributed by atoms with Crippen molar-refractivity contribution >= 4 is 105 Å². The summed E-state index contributed by atoms with van der Waals surface area (Å²) in [5.74, 6) is -0.356. The van der Waals surface area contributed by atoms with Gasteiger partial charge in [-0.25, -0.2) is 19.2 Å². The fourth-order valence-corrected chi connectivity index (χ4v) is 12.6. The molecule has 0 aliphatic carbocycles. The van der Waals surface area contributed by atoms with Crippen molar-refractivity contribution in [1.29, 1.82) is 0 Å². The molecule has 10 heterocycles. The number of rotatable bonds is 22. The first-order chi connectivity index (χ1) is 64.1. The Morgan fingerprint density at radius 1 is 0.423 bits per heavy atom. The molecule has 0 aliphatic heterocycles. The van der Waals surface area contributed by atoms with Gasteiger partial charge in [0.15, 0.2) is 23.3 Å². The number of carboxylic acids is 1. The molecule has 15 rings (SSSR count). The Morgan fingerprint density at radius 2 is 0.737 bits per heavy atom. The van der Waals surface area contributed by atoms with Crippen LogP contribution >= 0.6 is 58.0 Å². The van der Waals surface area contributed by atoms with Gasteiger partial charge < -0.3 is 46.9 Å². The molecule has 0 saturated carbocycles. The summed E-state index contributed by atoms with van der Waals surface area (Å²) < 4.78 is 19.1. The van der Waals surface area contributed by atoms with Gasteiger partial charge in [-0.3, -0.25) is 59.4 Å². The Balaban J connectivity index is 0.000000256. The Labute approximate surface area is 847 Å². The first-order valence-corrected chi connectivity index (χ1v) is 42.8. The smallest absolute Gasteiger partial charge is 0.870 e. The molecule has 0 unspecified atom stereocenters. The number of nitrogens with one attached hydrogen (secondary N) is 1. The van der Waals surface area contributed by atoms with Crippen LogP contribution in [0.4, 0.5) is 11.4 Å². The van der Waals surface area contributed by atoms with Crippen LogP contribution in [0.3, 0.4) is 0 Å². The number of halogens is 5. The number of ketones is 1. The summed E-state index contributed by atoms with van der Waals surface area (Å²) in [4.78, 5) is 112. The first kappa shape index (κ1) is 112. The quantitative estimate of drug-likeness (QED) is 0.00829. The number of aryl methyl sites for hydroxylation is 4. The van der Waals surface area contributed by atoms with E-state index in [-0.39, 0.29) is 94.8 Å².